The predicted molar refractivity (Wildman–Crippen MR) is 138 cm³/mol. The first kappa shape index (κ1) is 23.4. The fraction of sp³-hybridized carbons (Fsp3) is 0.240. The second-order valence-corrected chi connectivity index (χ2v) is 8.92. The highest BCUT2D eigenvalue weighted by Crippen LogP contribution is 2.37. The van der Waals surface area contributed by atoms with Crippen molar-refractivity contribution in [3.63, 3.8) is 0 Å². The summed E-state index contributed by atoms with van der Waals surface area (Å²) in [4.78, 5) is 15.2. The number of pyridine rings is 2. The summed E-state index contributed by atoms with van der Waals surface area (Å²) in [6.45, 7) is 1.15. The van der Waals surface area contributed by atoms with E-state index >= 15 is 0 Å². The molecule has 0 radical (unpaired) electrons. The smallest absolute Gasteiger partial charge is 0.132 e. The molecule has 0 fully saturated rings. The van der Waals surface area contributed by atoms with E-state index in [0.717, 1.165) is 34.1 Å². The number of rotatable bonds is 8. The molecule has 0 unspecified atom stereocenters. The number of aromatic hydroxyl groups is 1. The number of anilines is 3. The number of aromatic amines is 1. The maximum Gasteiger partial charge on any atom is 0.132 e. The van der Waals surface area contributed by atoms with Gasteiger partial charge in [0.15, 0.2) is 0 Å². The SMILES string of the molecule is CN(C)c1ccc(CN(Cc2ccc(N(C)C)nc2)c2[nH]ncc2-c2cc(Cl)ccc2O)cn1. The second kappa shape index (κ2) is 10.0. The van der Waals surface area contributed by atoms with Crippen LogP contribution in [-0.2, 0) is 13.1 Å². The maximum atomic E-state index is 10.5. The zero-order valence-electron chi connectivity index (χ0n) is 19.7. The van der Waals surface area contributed by atoms with Gasteiger partial charge in [0.25, 0.3) is 0 Å². The summed E-state index contributed by atoms with van der Waals surface area (Å²) in [6.07, 6.45) is 5.46. The van der Waals surface area contributed by atoms with Gasteiger partial charge in [0.2, 0.25) is 0 Å². The minimum atomic E-state index is 0.140. The number of phenolic OH excluding ortho intramolecular Hbond substituents is 1. The Balaban J connectivity index is 1.71. The Morgan fingerprint density at radius 3 is 1.88 bits per heavy atom. The predicted octanol–water partition coefficient (Wildman–Crippen LogP) is 4.56. The van der Waals surface area contributed by atoms with E-state index in [9.17, 15) is 5.11 Å². The van der Waals surface area contributed by atoms with Gasteiger partial charge >= 0.3 is 0 Å². The lowest BCUT2D eigenvalue weighted by atomic mass is 10.1. The number of nitrogens with zero attached hydrogens (tertiary/aromatic N) is 6. The fourth-order valence-corrected chi connectivity index (χ4v) is 3.82. The molecule has 9 heteroatoms. The molecule has 3 heterocycles. The summed E-state index contributed by atoms with van der Waals surface area (Å²) in [5.74, 6) is 2.70. The zero-order valence-corrected chi connectivity index (χ0v) is 20.5. The standard InChI is InChI=1S/C25H28ClN7O/c1-31(2)23-9-5-17(12-27-23)15-33(16-18-6-10-24(28-13-18)32(3)4)25-21(14-29-30-25)20-11-19(26)7-8-22(20)34/h5-14,34H,15-16H2,1-4H3,(H,29,30). The van der Waals surface area contributed by atoms with Gasteiger partial charge in [-0.05, 0) is 41.5 Å². The quantitative estimate of drug-likeness (QED) is 0.384. The molecule has 4 aromatic rings. The Morgan fingerprint density at radius 1 is 0.794 bits per heavy atom. The third-order valence-electron chi connectivity index (χ3n) is 5.47. The van der Waals surface area contributed by atoms with Gasteiger partial charge in [0.05, 0.1) is 6.20 Å². The summed E-state index contributed by atoms with van der Waals surface area (Å²) in [5, 5.41) is 18.4. The highest BCUT2D eigenvalue weighted by Gasteiger charge is 2.19. The molecule has 0 bridgehead atoms. The van der Waals surface area contributed by atoms with Gasteiger partial charge in [-0.25, -0.2) is 9.97 Å². The fourth-order valence-electron chi connectivity index (χ4n) is 3.65. The van der Waals surface area contributed by atoms with Crippen molar-refractivity contribution in [1.29, 1.82) is 0 Å². The highest BCUT2D eigenvalue weighted by molar-refractivity contribution is 6.31. The van der Waals surface area contributed by atoms with Crippen LogP contribution in [0.1, 0.15) is 11.1 Å². The first-order valence-corrected chi connectivity index (χ1v) is 11.2. The van der Waals surface area contributed by atoms with Gasteiger partial charge in [-0.15, -0.1) is 0 Å². The largest absolute Gasteiger partial charge is 0.507 e. The average molecular weight is 478 g/mol. The summed E-state index contributed by atoms with van der Waals surface area (Å²) in [7, 11) is 7.86. The van der Waals surface area contributed by atoms with E-state index in [2.05, 4.69) is 37.2 Å². The van der Waals surface area contributed by atoms with Crippen molar-refractivity contribution in [3.05, 3.63) is 77.2 Å². The van der Waals surface area contributed by atoms with Crippen LogP contribution in [0.4, 0.5) is 17.5 Å². The van der Waals surface area contributed by atoms with E-state index in [4.69, 9.17) is 11.6 Å². The lowest BCUT2D eigenvalue weighted by Gasteiger charge is -2.25. The van der Waals surface area contributed by atoms with Crippen LogP contribution in [0, 0.1) is 0 Å². The van der Waals surface area contributed by atoms with Crippen LogP contribution in [0.5, 0.6) is 5.75 Å². The van der Waals surface area contributed by atoms with Crippen LogP contribution < -0.4 is 14.7 Å². The molecule has 4 rings (SSSR count). The van der Waals surface area contributed by atoms with E-state index < -0.39 is 0 Å². The minimum absolute atomic E-state index is 0.140. The molecule has 0 saturated heterocycles. The number of H-pyrrole nitrogens is 1. The van der Waals surface area contributed by atoms with Crippen molar-refractivity contribution in [2.24, 2.45) is 0 Å². The molecule has 0 spiro atoms. The van der Waals surface area contributed by atoms with E-state index in [1.54, 1.807) is 24.4 Å². The lowest BCUT2D eigenvalue weighted by Crippen LogP contribution is -2.23. The van der Waals surface area contributed by atoms with Gasteiger partial charge in [-0.3, -0.25) is 5.10 Å². The third kappa shape index (κ3) is 5.23. The molecule has 2 N–H and O–H groups in total. The summed E-state index contributed by atoms with van der Waals surface area (Å²) >= 11 is 6.23. The Morgan fingerprint density at radius 2 is 1.38 bits per heavy atom. The Hall–Kier alpha value is -3.78. The van der Waals surface area contributed by atoms with Crippen molar-refractivity contribution in [2.75, 3.05) is 42.9 Å². The van der Waals surface area contributed by atoms with Crippen molar-refractivity contribution < 1.29 is 5.11 Å². The van der Waals surface area contributed by atoms with Crippen LogP contribution in [0.15, 0.2) is 61.1 Å². The molecule has 3 aromatic heterocycles. The molecule has 0 aliphatic heterocycles. The van der Waals surface area contributed by atoms with Crippen molar-refractivity contribution in [3.8, 4) is 16.9 Å². The van der Waals surface area contributed by atoms with Crippen LogP contribution >= 0.6 is 11.6 Å². The van der Waals surface area contributed by atoms with Crippen LogP contribution in [0.25, 0.3) is 11.1 Å². The minimum Gasteiger partial charge on any atom is -0.507 e. The molecule has 8 nitrogen and oxygen atoms in total. The molecule has 0 aliphatic rings. The lowest BCUT2D eigenvalue weighted by molar-refractivity contribution is 0.477. The molecule has 0 aliphatic carbocycles. The molecule has 1 aromatic carbocycles. The number of benzene rings is 1. The number of halogens is 1. The molecule has 34 heavy (non-hydrogen) atoms. The Labute approximate surface area is 204 Å². The van der Waals surface area contributed by atoms with E-state index in [-0.39, 0.29) is 5.75 Å². The molecular weight excluding hydrogens is 450 g/mol. The van der Waals surface area contributed by atoms with E-state index in [1.165, 1.54) is 0 Å². The highest BCUT2D eigenvalue weighted by atomic mass is 35.5. The second-order valence-electron chi connectivity index (χ2n) is 8.49. The monoisotopic (exact) mass is 477 g/mol. The Bertz CT molecular complexity index is 1180. The van der Waals surface area contributed by atoms with E-state index in [0.29, 0.717) is 23.7 Å². The van der Waals surface area contributed by atoms with E-state index in [1.807, 2.05) is 62.5 Å². The van der Waals surface area contributed by atoms with Crippen LogP contribution in [0.3, 0.4) is 0 Å². The van der Waals surface area contributed by atoms with Crippen LogP contribution in [0.2, 0.25) is 5.02 Å². The average Bonchev–Trinajstić information content (AvgIpc) is 3.30. The topological polar surface area (TPSA) is 84.4 Å². The summed E-state index contributed by atoms with van der Waals surface area (Å²) in [6, 6.07) is 13.1. The van der Waals surface area contributed by atoms with Gasteiger partial charge in [-0.1, -0.05) is 23.7 Å². The molecule has 176 valence electrons. The first-order chi connectivity index (χ1) is 16.3. The number of hydrogen-bond donors (Lipinski definition) is 2. The number of hydrogen-bond acceptors (Lipinski definition) is 7. The summed E-state index contributed by atoms with van der Waals surface area (Å²) in [5.41, 5.74) is 3.46. The third-order valence-corrected chi connectivity index (χ3v) is 5.70. The first-order valence-electron chi connectivity index (χ1n) is 10.8. The van der Waals surface area contributed by atoms with Gasteiger partial charge in [0, 0.05) is 69.8 Å². The zero-order chi connectivity index (χ0) is 24.2. The van der Waals surface area contributed by atoms with Gasteiger partial charge in [-0.2, -0.15) is 5.10 Å². The van der Waals surface area contributed by atoms with Gasteiger partial charge in [0.1, 0.15) is 23.2 Å². The number of phenols is 1. The Kier molecular flexibility index (Phi) is 6.88. The number of aromatic nitrogens is 4. The summed E-state index contributed by atoms with van der Waals surface area (Å²) < 4.78 is 0. The van der Waals surface area contributed by atoms with Crippen LogP contribution in [-0.4, -0.2) is 53.5 Å². The molecule has 0 saturated carbocycles. The number of nitrogens with one attached hydrogen (secondary N) is 1. The molecule has 0 atom stereocenters. The van der Waals surface area contributed by atoms with Gasteiger partial charge < -0.3 is 19.8 Å². The van der Waals surface area contributed by atoms with Crippen molar-refractivity contribution in [1.82, 2.24) is 20.2 Å². The maximum absolute atomic E-state index is 10.5. The molecule has 0 amide bonds. The molecular formula is C25H28ClN7O. The van der Waals surface area contributed by atoms with Crippen molar-refractivity contribution in [2.45, 2.75) is 13.1 Å². The normalized spacial score (nSPS) is 10.9. The van der Waals surface area contributed by atoms with Crippen molar-refractivity contribution >= 4 is 29.1 Å².